The highest BCUT2D eigenvalue weighted by molar-refractivity contribution is 6.18. The largest absolute Gasteiger partial charge is 0.491 e. The predicted molar refractivity (Wildman–Crippen MR) is 88.5 cm³/mol. The van der Waals surface area contributed by atoms with Crippen LogP contribution in [-0.2, 0) is 0 Å². The Labute approximate surface area is 134 Å². The van der Waals surface area contributed by atoms with Gasteiger partial charge in [0.2, 0.25) is 0 Å². The molecule has 1 N–H and O–H groups in total. The minimum atomic E-state index is -0.676. The molecule has 0 aromatic heterocycles. The third-order valence-electron chi connectivity index (χ3n) is 2.99. The van der Waals surface area contributed by atoms with Crippen molar-refractivity contribution in [1.82, 2.24) is 0 Å². The number of aliphatic hydroxyl groups excluding tert-OH is 1. The van der Waals surface area contributed by atoms with Crippen LogP contribution in [0.1, 0.15) is 15.9 Å². The van der Waals surface area contributed by atoms with Crippen LogP contribution in [0.4, 0.5) is 0 Å². The molecule has 22 heavy (non-hydrogen) atoms. The molecule has 0 bridgehead atoms. The summed E-state index contributed by atoms with van der Waals surface area (Å²) in [6.07, 6.45) is 2.62. The molecule has 0 radical (unpaired) electrons. The summed E-state index contributed by atoms with van der Waals surface area (Å²) in [6, 6.07) is 16.4. The summed E-state index contributed by atoms with van der Waals surface area (Å²) in [4.78, 5) is 11.9. The zero-order valence-electron chi connectivity index (χ0n) is 12.0. The molecule has 0 fully saturated rings. The first-order chi connectivity index (χ1) is 10.7. The van der Waals surface area contributed by atoms with Gasteiger partial charge in [-0.05, 0) is 23.8 Å². The highest BCUT2D eigenvalue weighted by Gasteiger charge is 2.03. The van der Waals surface area contributed by atoms with Crippen LogP contribution in [0.25, 0.3) is 6.08 Å². The van der Waals surface area contributed by atoms with Gasteiger partial charge in [-0.3, -0.25) is 4.79 Å². The van der Waals surface area contributed by atoms with Crippen LogP contribution >= 0.6 is 11.6 Å². The Morgan fingerprint density at radius 1 is 1.14 bits per heavy atom. The lowest BCUT2D eigenvalue weighted by Gasteiger charge is -2.09. The molecule has 2 rings (SSSR count). The standard InChI is InChI=1S/C18H17ClO3/c19-12-16(20)13-22-17-9-6-14(7-10-17)8-11-18(21)15-4-2-1-3-5-15/h1-11,16,20H,12-13H2/b11-8+/t16-/m1/s1. The fraction of sp³-hybridized carbons (Fsp3) is 0.167. The maximum atomic E-state index is 11.9. The van der Waals surface area contributed by atoms with Gasteiger partial charge in [0.05, 0.1) is 5.88 Å². The van der Waals surface area contributed by atoms with E-state index in [9.17, 15) is 9.90 Å². The number of ether oxygens (including phenoxy) is 1. The van der Waals surface area contributed by atoms with E-state index in [0.717, 1.165) is 5.56 Å². The molecule has 0 unspecified atom stereocenters. The van der Waals surface area contributed by atoms with Gasteiger partial charge in [0.25, 0.3) is 0 Å². The molecular formula is C18H17ClO3. The van der Waals surface area contributed by atoms with Crippen molar-refractivity contribution in [2.24, 2.45) is 0 Å². The summed E-state index contributed by atoms with van der Waals surface area (Å²) < 4.78 is 5.38. The number of hydrogen-bond acceptors (Lipinski definition) is 3. The molecule has 0 saturated heterocycles. The molecule has 0 heterocycles. The Morgan fingerprint density at radius 2 is 1.82 bits per heavy atom. The quantitative estimate of drug-likeness (QED) is 0.482. The third kappa shape index (κ3) is 5.02. The number of allylic oxidation sites excluding steroid dienone is 1. The van der Waals surface area contributed by atoms with Gasteiger partial charge in [-0.15, -0.1) is 11.6 Å². The van der Waals surface area contributed by atoms with Crippen molar-refractivity contribution in [2.45, 2.75) is 6.10 Å². The van der Waals surface area contributed by atoms with Gasteiger partial charge in [0.15, 0.2) is 5.78 Å². The van der Waals surface area contributed by atoms with Gasteiger partial charge in [0, 0.05) is 5.56 Å². The monoisotopic (exact) mass is 316 g/mol. The Kier molecular flexibility index (Phi) is 6.19. The van der Waals surface area contributed by atoms with Crippen molar-refractivity contribution in [2.75, 3.05) is 12.5 Å². The van der Waals surface area contributed by atoms with Crippen molar-refractivity contribution in [3.8, 4) is 5.75 Å². The molecule has 0 aliphatic heterocycles. The van der Waals surface area contributed by atoms with Crippen LogP contribution in [0.3, 0.4) is 0 Å². The smallest absolute Gasteiger partial charge is 0.185 e. The van der Waals surface area contributed by atoms with E-state index in [4.69, 9.17) is 16.3 Å². The average molecular weight is 317 g/mol. The molecular weight excluding hydrogens is 300 g/mol. The van der Waals surface area contributed by atoms with Crippen LogP contribution in [0.5, 0.6) is 5.75 Å². The second-order valence-electron chi connectivity index (χ2n) is 4.75. The van der Waals surface area contributed by atoms with E-state index in [2.05, 4.69) is 0 Å². The Bertz CT molecular complexity index is 621. The maximum absolute atomic E-state index is 11.9. The maximum Gasteiger partial charge on any atom is 0.185 e. The normalized spacial score (nSPS) is 12.3. The van der Waals surface area contributed by atoms with E-state index in [1.807, 2.05) is 30.3 Å². The number of rotatable bonds is 7. The summed E-state index contributed by atoms with van der Waals surface area (Å²) in [7, 11) is 0. The van der Waals surface area contributed by atoms with E-state index >= 15 is 0 Å². The predicted octanol–water partition coefficient (Wildman–Crippen LogP) is 3.56. The van der Waals surface area contributed by atoms with Gasteiger partial charge < -0.3 is 9.84 Å². The van der Waals surface area contributed by atoms with E-state index < -0.39 is 6.10 Å². The lowest BCUT2D eigenvalue weighted by molar-refractivity contribution is 0.104. The molecule has 0 amide bonds. The number of hydrogen-bond donors (Lipinski definition) is 1. The summed E-state index contributed by atoms with van der Waals surface area (Å²) in [5.41, 5.74) is 1.56. The summed E-state index contributed by atoms with van der Waals surface area (Å²) in [6.45, 7) is 0.158. The summed E-state index contributed by atoms with van der Waals surface area (Å²) in [5, 5.41) is 9.32. The molecule has 0 saturated carbocycles. The molecule has 2 aromatic carbocycles. The molecule has 3 nitrogen and oxygen atoms in total. The van der Waals surface area contributed by atoms with Crippen molar-refractivity contribution < 1.29 is 14.6 Å². The lowest BCUT2D eigenvalue weighted by atomic mass is 10.1. The lowest BCUT2D eigenvalue weighted by Crippen LogP contribution is -2.18. The van der Waals surface area contributed by atoms with Gasteiger partial charge in [-0.25, -0.2) is 0 Å². The summed E-state index contributed by atoms with van der Waals surface area (Å²) in [5.74, 6) is 0.754. The first kappa shape index (κ1) is 16.3. The zero-order chi connectivity index (χ0) is 15.8. The van der Waals surface area contributed by atoms with Crippen molar-refractivity contribution in [3.63, 3.8) is 0 Å². The molecule has 0 aliphatic carbocycles. The highest BCUT2D eigenvalue weighted by Crippen LogP contribution is 2.14. The van der Waals surface area contributed by atoms with E-state index in [0.29, 0.717) is 11.3 Å². The number of benzene rings is 2. The number of halogens is 1. The van der Waals surface area contributed by atoms with Crippen LogP contribution < -0.4 is 4.74 Å². The fourth-order valence-electron chi connectivity index (χ4n) is 1.78. The molecule has 2 aromatic rings. The van der Waals surface area contributed by atoms with Gasteiger partial charge in [-0.1, -0.05) is 48.5 Å². The Balaban J connectivity index is 1.93. The molecule has 0 spiro atoms. The van der Waals surface area contributed by atoms with Gasteiger partial charge in [-0.2, -0.15) is 0 Å². The topological polar surface area (TPSA) is 46.5 Å². The SMILES string of the molecule is O=C(/C=C/c1ccc(OC[C@H](O)CCl)cc1)c1ccccc1. The zero-order valence-corrected chi connectivity index (χ0v) is 12.7. The van der Waals surface area contributed by atoms with E-state index in [1.165, 1.54) is 0 Å². The minimum Gasteiger partial charge on any atom is -0.491 e. The van der Waals surface area contributed by atoms with Crippen LogP contribution in [-0.4, -0.2) is 29.5 Å². The molecule has 4 heteroatoms. The second-order valence-corrected chi connectivity index (χ2v) is 5.06. The molecule has 0 aliphatic rings. The third-order valence-corrected chi connectivity index (χ3v) is 3.34. The van der Waals surface area contributed by atoms with E-state index in [-0.39, 0.29) is 18.3 Å². The average Bonchev–Trinajstić information content (AvgIpc) is 2.59. The number of aliphatic hydroxyl groups is 1. The van der Waals surface area contributed by atoms with Crippen molar-refractivity contribution >= 4 is 23.5 Å². The van der Waals surface area contributed by atoms with Crippen molar-refractivity contribution in [1.29, 1.82) is 0 Å². The minimum absolute atomic E-state index is 0.0360. The molecule has 1 atom stereocenters. The van der Waals surface area contributed by atoms with E-state index in [1.54, 1.807) is 36.4 Å². The van der Waals surface area contributed by atoms with Crippen molar-refractivity contribution in [3.05, 3.63) is 71.8 Å². The van der Waals surface area contributed by atoms with Gasteiger partial charge in [0.1, 0.15) is 18.5 Å². The van der Waals surface area contributed by atoms with Crippen LogP contribution in [0, 0.1) is 0 Å². The number of alkyl halides is 1. The summed E-state index contributed by atoms with van der Waals surface area (Å²) >= 11 is 5.49. The fourth-order valence-corrected chi connectivity index (χ4v) is 1.87. The number of carbonyl (C=O) groups is 1. The number of carbonyl (C=O) groups excluding carboxylic acids is 1. The Hall–Kier alpha value is -2.10. The van der Waals surface area contributed by atoms with Crippen LogP contribution in [0.2, 0.25) is 0 Å². The highest BCUT2D eigenvalue weighted by atomic mass is 35.5. The number of ketones is 1. The first-order valence-corrected chi connectivity index (χ1v) is 7.47. The molecule has 114 valence electrons. The first-order valence-electron chi connectivity index (χ1n) is 6.93. The Morgan fingerprint density at radius 3 is 2.45 bits per heavy atom. The van der Waals surface area contributed by atoms with Crippen LogP contribution in [0.15, 0.2) is 60.7 Å². The van der Waals surface area contributed by atoms with Gasteiger partial charge >= 0.3 is 0 Å². The second kappa shape index (κ2) is 8.37.